The first kappa shape index (κ1) is 15.3. The molecule has 0 aromatic carbocycles. The summed E-state index contributed by atoms with van der Waals surface area (Å²) >= 11 is 0. The maximum atomic E-state index is 3.77. The van der Waals surface area contributed by atoms with Crippen LogP contribution in [-0.2, 0) is 0 Å². The molecule has 1 saturated heterocycles. The van der Waals surface area contributed by atoms with Gasteiger partial charge < -0.3 is 10.2 Å². The molecule has 0 radical (unpaired) electrons. The summed E-state index contributed by atoms with van der Waals surface area (Å²) in [7, 11) is 0. The fourth-order valence-electron chi connectivity index (χ4n) is 3.16. The van der Waals surface area contributed by atoms with E-state index < -0.39 is 0 Å². The molecule has 0 aromatic heterocycles. The summed E-state index contributed by atoms with van der Waals surface area (Å²) in [5.74, 6) is 1.78. The predicted octanol–water partition coefficient (Wildman–Crippen LogP) is 2.04. The van der Waals surface area contributed by atoms with Crippen molar-refractivity contribution >= 4 is 0 Å². The van der Waals surface area contributed by atoms with Crippen LogP contribution >= 0.6 is 0 Å². The van der Waals surface area contributed by atoms with Crippen molar-refractivity contribution < 1.29 is 0 Å². The molecule has 1 N–H and O–H groups in total. The van der Waals surface area contributed by atoms with Gasteiger partial charge in [-0.25, -0.2) is 0 Å². The molecular weight excluding hydrogens is 234 g/mol. The Morgan fingerprint density at radius 3 is 2.05 bits per heavy atom. The minimum atomic E-state index is 0.761. The highest BCUT2D eigenvalue weighted by Gasteiger charge is 2.32. The van der Waals surface area contributed by atoms with Gasteiger partial charge in [-0.05, 0) is 37.6 Å². The lowest BCUT2D eigenvalue weighted by Gasteiger charge is -2.37. The van der Waals surface area contributed by atoms with E-state index in [-0.39, 0.29) is 0 Å². The minimum absolute atomic E-state index is 0.761. The molecule has 1 unspecified atom stereocenters. The zero-order chi connectivity index (χ0) is 13.7. The standard InChI is InChI=1S/C16H33N3/c1-4-7-17-16(15-5-6-15)13-19-10-8-18(9-11-19)12-14(2)3/h14-17H,4-13H2,1-3H3. The number of nitrogens with zero attached hydrogens (tertiary/aromatic N) is 2. The number of hydrogen-bond acceptors (Lipinski definition) is 3. The Balaban J connectivity index is 1.68. The van der Waals surface area contributed by atoms with Crippen molar-refractivity contribution in [3.8, 4) is 0 Å². The summed E-state index contributed by atoms with van der Waals surface area (Å²) in [6.07, 6.45) is 4.16. The van der Waals surface area contributed by atoms with Crippen LogP contribution in [0, 0.1) is 11.8 Å². The van der Waals surface area contributed by atoms with Crippen molar-refractivity contribution in [1.82, 2.24) is 15.1 Å². The molecule has 0 aromatic rings. The van der Waals surface area contributed by atoms with E-state index in [4.69, 9.17) is 0 Å². The molecule has 2 fully saturated rings. The molecule has 3 nitrogen and oxygen atoms in total. The van der Waals surface area contributed by atoms with Gasteiger partial charge >= 0.3 is 0 Å². The SMILES string of the molecule is CCCNC(CN1CCN(CC(C)C)CC1)C1CC1. The summed E-state index contributed by atoms with van der Waals surface area (Å²) in [6, 6.07) is 0.761. The van der Waals surface area contributed by atoms with Gasteiger partial charge in [-0.2, -0.15) is 0 Å². The molecule has 1 heterocycles. The topological polar surface area (TPSA) is 18.5 Å². The maximum absolute atomic E-state index is 3.77. The largest absolute Gasteiger partial charge is 0.312 e. The van der Waals surface area contributed by atoms with Gasteiger partial charge in [0.25, 0.3) is 0 Å². The van der Waals surface area contributed by atoms with Crippen LogP contribution in [0.25, 0.3) is 0 Å². The number of nitrogens with one attached hydrogen (secondary N) is 1. The molecule has 2 aliphatic rings. The summed E-state index contributed by atoms with van der Waals surface area (Å²) in [4.78, 5) is 5.31. The molecule has 112 valence electrons. The quantitative estimate of drug-likeness (QED) is 0.726. The van der Waals surface area contributed by atoms with Gasteiger partial charge in [-0.15, -0.1) is 0 Å². The molecule has 1 atom stereocenters. The molecule has 1 aliphatic heterocycles. The number of hydrogen-bond donors (Lipinski definition) is 1. The molecule has 1 aliphatic carbocycles. The molecular formula is C16H33N3. The van der Waals surface area contributed by atoms with Gasteiger partial charge in [0.05, 0.1) is 0 Å². The van der Waals surface area contributed by atoms with Crippen LogP contribution < -0.4 is 5.32 Å². The van der Waals surface area contributed by atoms with E-state index >= 15 is 0 Å². The van der Waals surface area contributed by atoms with Gasteiger partial charge in [-0.1, -0.05) is 20.8 Å². The highest BCUT2D eigenvalue weighted by Crippen LogP contribution is 2.33. The third-order valence-electron chi connectivity index (χ3n) is 4.39. The van der Waals surface area contributed by atoms with Crippen LogP contribution in [0.4, 0.5) is 0 Å². The van der Waals surface area contributed by atoms with Gasteiger partial charge in [0.1, 0.15) is 0 Å². The summed E-state index contributed by atoms with van der Waals surface area (Å²) in [5.41, 5.74) is 0. The summed E-state index contributed by atoms with van der Waals surface area (Å²) < 4.78 is 0. The van der Waals surface area contributed by atoms with Crippen molar-refractivity contribution in [2.45, 2.75) is 46.1 Å². The molecule has 0 spiro atoms. The van der Waals surface area contributed by atoms with Crippen LogP contribution in [-0.4, -0.2) is 61.7 Å². The van der Waals surface area contributed by atoms with Crippen molar-refractivity contribution in [1.29, 1.82) is 0 Å². The number of piperazine rings is 1. The summed E-state index contributed by atoms with van der Waals surface area (Å²) in [5, 5.41) is 3.77. The molecule has 0 amide bonds. The molecule has 2 rings (SSSR count). The zero-order valence-electron chi connectivity index (χ0n) is 13.2. The first-order chi connectivity index (χ1) is 9.19. The van der Waals surface area contributed by atoms with Crippen molar-refractivity contribution in [3.63, 3.8) is 0 Å². The minimum Gasteiger partial charge on any atom is -0.312 e. The second kappa shape index (κ2) is 7.61. The zero-order valence-corrected chi connectivity index (χ0v) is 13.2. The van der Waals surface area contributed by atoms with Gasteiger partial charge in [0.2, 0.25) is 0 Å². The van der Waals surface area contributed by atoms with E-state index in [1.807, 2.05) is 0 Å². The lowest BCUT2D eigenvalue weighted by atomic mass is 10.1. The van der Waals surface area contributed by atoms with E-state index in [2.05, 4.69) is 35.9 Å². The smallest absolute Gasteiger partial charge is 0.0223 e. The first-order valence-corrected chi connectivity index (χ1v) is 8.37. The van der Waals surface area contributed by atoms with Crippen molar-refractivity contribution in [2.75, 3.05) is 45.8 Å². The van der Waals surface area contributed by atoms with E-state index in [0.717, 1.165) is 17.9 Å². The van der Waals surface area contributed by atoms with Gasteiger partial charge in [0, 0.05) is 45.3 Å². The molecule has 0 bridgehead atoms. The molecule has 19 heavy (non-hydrogen) atoms. The van der Waals surface area contributed by atoms with E-state index in [9.17, 15) is 0 Å². The monoisotopic (exact) mass is 267 g/mol. The second-order valence-electron chi connectivity index (χ2n) is 6.89. The van der Waals surface area contributed by atoms with Crippen molar-refractivity contribution in [2.24, 2.45) is 11.8 Å². The van der Waals surface area contributed by atoms with Gasteiger partial charge in [0.15, 0.2) is 0 Å². The van der Waals surface area contributed by atoms with Crippen LogP contribution in [0.1, 0.15) is 40.0 Å². The lowest BCUT2D eigenvalue weighted by Crippen LogP contribution is -2.51. The van der Waals surface area contributed by atoms with Crippen LogP contribution in [0.3, 0.4) is 0 Å². The average molecular weight is 267 g/mol. The number of rotatable bonds is 8. The predicted molar refractivity (Wildman–Crippen MR) is 82.5 cm³/mol. The Bertz CT molecular complexity index is 242. The highest BCUT2D eigenvalue weighted by molar-refractivity contribution is 4.89. The second-order valence-corrected chi connectivity index (χ2v) is 6.89. The van der Waals surface area contributed by atoms with Crippen molar-refractivity contribution in [3.05, 3.63) is 0 Å². The molecule has 3 heteroatoms. The van der Waals surface area contributed by atoms with Crippen LogP contribution in [0.15, 0.2) is 0 Å². The Labute approximate surface area is 119 Å². The van der Waals surface area contributed by atoms with Crippen LogP contribution in [0.2, 0.25) is 0 Å². The fraction of sp³-hybridized carbons (Fsp3) is 1.00. The lowest BCUT2D eigenvalue weighted by molar-refractivity contribution is 0.111. The van der Waals surface area contributed by atoms with Crippen LogP contribution in [0.5, 0.6) is 0 Å². The van der Waals surface area contributed by atoms with E-state index in [1.165, 1.54) is 65.1 Å². The third-order valence-corrected chi connectivity index (χ3v) is 4.39. The normalized spacial score (nSPS) is 24.0. The Hall–Kier alpha value is -0.120. The maximum Gasteiger partial charge on any atom is 0.0223 e. The van der Waals surface area contributed by atoms with E-state index in [1.54, 1.807) is 0 Å². The average Bonchev–Trinajstić information content (AvgIpc) is 3.20. The Morgan fingerprint density at radius 2 is 1.58 bits per heavy atom. The van der Waals surface area contributed by atoms with E-state index in [0.29, 0.717) is 0 Å². The summed E-state index contributed by atoms with van der Waals surface area (Å²) in [6.45, 7) is 15.7. The fourth-order valence-corrected chi connectivity index (χ4v) is 3.16. The molecule has 1 saturated carbocycles. The first-order valence-electron chi connectivity index (χ1n) is 8.37. The highest BCUT2D eigenvalue weighted by atomic mass is 15.3. The Kier molecular flexibility index (Phi) is 6.11. The Morgan fingerprint density at radius 1 is 1.00 bits per heavy atom. The van der Waals surface area contributed by atoms with Gasteiger partial charge in [-0.3, -0.25) is 4.90 Å². The third kappa shape index (κ3) is 5.41.